The molecule has 1 aromatic carbocycles. The molecule has 1 rings (SSSR count). The molecule has 4 nitrogen and oxygen atoms in total. The maximum atomic E-state index is 6.35. The van der Waals surface area contributed by atoms with Gasteiger partial charge in [-0.3, -0.25) is 0 Å². The van der Waals surface area contributed by atoms with Gasteiger partial charge in [-0.05, 0) is 24.0 Å². The number of halogens is 2. The largest absolute Gasteiger partial charge is 0.379 e. The lowest BCUT2D eigenvalue weighted by Gasteiger charge is -2.19. The fraction of sp³-hybridized carbons (Fsp3) is 0.860. The lowest BCUT2D eigenvalue weighted by atomic mass is 10.0. The SMILES string of the molecule is CCCCCCCCCCCCCCCCOCC(CNCc1cccc(CN)c1)OCCCCCCCCCCCCCCCC.Cl.Cl. The average molecular weight is 732 g/mol. The monoisotopic (exact) mass is 731 g/mol. The van der Waals surface area contributed by atoms with Gasteiger partial charge in [-0.1, -0.05) is 205 Å². The third-order valence-electron chi connectivity index (χ3n) is 9.73. The van der Waals surface area contributed by atoms with Crippen LogP contribution in [-0.4, -0.2) is 32.5 Å². The molecule has 1 aromatic rings. The molecule has 0 aliphatic carbocycles. The van der Waals surface area contributed by atoms with Gasteiger partial charge in [0.1, 0.15) is 0 Å². The van der Waals surface area contributed by atoms with Gasteiger partial charge in [-0.15, -0.1) is 24.8 Å². The smallest absolute Gasteiger partial charge is 0.0932 e. The summed E-state index contributed by atoms with van der Waals surface area (Å²) in [6, 6.07) is 8.56. The van der Waals surface area contributed by atoms with E-state index in [9.17, 15) is 0 Å². The van der Waals surface area contributed by atoms with Crippen molar-refractivity contribution in [3.63, 3.8) is 0 Å². The Hall–Kier alpha value is -0.360. The fourth-order valence-electron chi connectivity index (χ4n) is 6.57. The molecular weight excluding hydrogens is 647 g/mol. The Kier molecular flexibility index (Phi) is 43.6. The third kappa shape index (κ3) is 35.8. The molecule has 0 aliphatic heterocycles. The molecule has 1 unspecified atom stereocenters. The van der Waals surface area contributed by atoms with Crippen LogP contribution in [0, 0.1) is 0 Å². The Labute approximate surface area is 318 Å². The van der Waals surface area contributed by atoms with Crippen LogP contribution in [0.15, 0.2) is 24.3 Å². The second-order valence-corrected chi connectivity index (χ2v) is 14.4. The summed E-state index contributed by atoms with van der Waals surface area (Å²) in [6.07, 6.45) is 39.0. The highest BCUT2D eigenvalue weighted by atomic mass is 35.5. The van der Waals surface area contributed by atoms with E-state index in [1.165, 1.54) is 184 Å². The maximum absolute atomic E-state index is 6.35. The van der Waals surface area contributed by atoms with Crippen LogP contribution in [0.5, 0.6) is 0 Å². The molecule has 0 radical (unpaired) electrons. The van der Waals surface area contributed by atoms with Crippen molar-refractivity contribution in [1.82, 2.24) is 5.32 Å². The Bertz CT molecular complexity index is 754. The third-order valence-corrected chi connectivity index (χ3v) is 9.73. The number of hydrogen-bond acceptors (Lipinski definition) is 4. The average Bonchev–Trinajstić information content (AvgIpc) is 3.09. The molecule has 3 N–H and O–H groups in total. The van der Waals surface area contributed by atoms with Gasteiger partial charge in [0.15, 0.2) is 0 Å². The molecule has 1 atom stereocenters. The minimum Gasteiger partial charge on any atom is -0.379 e. The first-order valence-corrected chi connectivity index (χ1v) is 21.0. The fourth-order valence-corrected chi connectivity index (χ4v) is 6.57. The van der Waals surface area contributed by atoms with Crippen LogP contribution in [0.1, 0.15) is 205 Å². The molecule has 0 aromatic heterocycles. The van der Waals surface area contributed by atoms with Crippen LogP contribution in [0.2, 0.25) is 0 Å². The second kappa shape index (κ2) is 42.1. The molecule has 0 aliphatic rings. The summed E-state index contributed by atoms with van der Waals surface area (Å²) in [5.41, 5.74) is 8.30. The summed E-state index contributed by atoms with van der Waals surface area (Å²) < 4.78 is 12.5. The molecule has 0 amide bonds. The van der Waals surface area contributed by atoms with Crippen molar-refractivity contribution in [2.75, 3.05) is 26.4 Å². The van der Waals surface area contributed by atoms with Gasteiger partial charge >= 0.3 is 0 Å². The van der Waals surface area contributed by atoms with E-state index in [4.69, 9.17) is 15.2 Å². The van der Waals surface area contributed by atoms with E-state index in [0.29, 0.717) is 13.2 Å². The first-order valence-electron chi connectivity index (χ1n) is 21.0. The summed E-state index contributed by atoms with van der Waals surface area (Å²) >= 11 is 0. The van der Waals surface area contributed by atoms with E-state index in [0.717, 1.165) is 32.7 Å². The number of ether oxygens (including phenoxy) is 2. The predicted molar refractivity (Wildman–Crippen MR) is 222 cm³/mol. The van der Waals surface area contributed by atoms with Crippen molar-refractivity contribution < 1.29 is 9.47 Å². The molecule has 0 bridgehead atoms. The predicted octanol–water partition coefficient (Wildman–Crippen LogP) is 13.4. The summed E-state index contributed by atoms with van der Waals surface area (Å²) in [5.74, 6) is 0. The van der Waals surface area contributed by atoms with Crippen LogP contribution < -0.4 is 11.1 Å². The van der Waals surface area contributed by atoms with Gasteiger partial charge in [0.25, 0.3) is 0 Å². The highest BCUT2D eigenvalue weighted by Crippen LogP contribution is 2.15. The molecular formula is C43H84Cl2N2O2. The highest BCUT2D eigenvalue weighted by molar-refractivity contribution is 5.85. The van der Waals surface area contributed by atoms with E-state index in [-0.39, 0.29) is 30.9 Å². The van der Waals surface area contributed by atoms with E-state index in [1.54, 1.807) is 0 Å². The zero-order valence-corrected chi connectivity index (χ0v) is 34.3. The summed E-state index contributed by atoms with van der Waals surface area (Å²) in [4.78, 5) is 0. The number of rotatable bonds is 38. The van der Waals surface area contributed by atoms with Crippen LogP contribution in [0.3, 0.4) is 0 Å². The quantitative estimate of drug-likeness (QED) is 0.0665. The second-order valence-electron chi connectivity index (χ2n) is 14.4. The van der Waals surface area contributed by atoms with E-state index in [2.05, 4.69) is 43.4 Å². The Morgan fingerprint density at radius 1 is 0.531 bits per heavy atom. The van der Waals surface area contributed by atoms with Gasteiger partial charge in [-0.25, -0.2) is 0 Å². The molecule has 0 heterocycles. The normalized spacial score (nSPS) is 11.7. The molecule has 0 spiro atoms. The van der Waals surface area contributed by atoms with Gasteiger partial charge in [0.05, 0.1) is 12.7 Å². The minimum atomic E-state index is 0. The lowest BCUT2D eigenvalue weighted by Crippen LogP contribution is -2.33. The summed E-state index contributed by atoms with van der Waals surface area (Å²) in [6.45, 7) is 9.23. The van der Waals surface area contributed by atoms with Crippen LogP contribution in [0.25, 0.3) is 0 Å². The van der Waals surface area contributed by atoms with E-state index >= 15 is 0 Å². The maximum Gasteiger partial charge on any atom is 0.0932 e. The molecule has 49 heavy (non-hydrogen) atoms. The molecule has 0 fully saturated rings. The van der Waals surface area contributed by atoms with Gasteiger partial charge in [0, 0.05) is 32.8 Å². The number of nitrogens with two attached hydrogens (primary N) is 1. The van der Waals surface area contributed by atoms with Crippen molar-refractivity contribution in [3.8, 4) is 0 Å². The van der Waals surface area contributed by atoms with E-state index in [1.807, 2.05) is 0 Å². The highest BCUT2D eigenvalue weighted by Gasteiger charge is 2.10. The molecule has 0 saturated carbocycles. The first kappa shape index (κ1) is 50.7. The number of benzene rings is 1. The van der Waals surface area contributed by atoms with Crippen molar-refractivity contribution in [2.45, 2.75) is 213 Å². The van der Waals surface area contributed by atoms with E-state index < -0.39 is 0 Å². The van der Waals surface area contributed by atoms with Crippen molar-refractivity contribution in [2.24, 2.45) is 5.73 Å². The zero-order valence-electron chi connectivity index (χ0n) is 32.6. The number of hydrogen-bond donors (Lipinski definition) is 2. The first-order chi connectivity index (χ1) is 23.3. The molecule has 292 valence electrons. The van der Waals surface area contributed by atoms with Crippen molar-refractivity contribution in [1.29, 1.82) is 0 Å². The molecule has 0 saturated heterocycles. The van der Waals surface area contributed by atoms with Gasteiger partial charge in [0.2, 0.25) is 0 Å². The van der Waals surface area contributed by atoms with Crippen LogP contribution in [0.4, 0.5) is 0 Å². The Morgan fingerprint density at radius 3 is 1.35 bits per heavy atom. The van der Waals surface area contributed by atoms with Crippen LogP contribution >= 0.6 is 24.8 Å². The zero-order chi connectivity index (χ0) is 33.7. The lowest BCUT2D eigenvalue weighted by molar-refractivity contribution is -0.0177. The van der Waals surface area contributed by atoms with Crippen molar-refractivity contribution >= 4 is 24.8 Å². The molecule has 6 heteroatoms. The van der Waals surface area contributed by atoms with Gasteiger partial charge in [-0.2, -0.15) is 0 Å². The standard InChI is InChI=1S/C43H82N2O2.2ClH/c1-3-5-7-9-11-13-15-17-19-21-23-25-27-29-34-46-40-43(39-45-38-42-33-31-32-41(36-42)37-44)47-35-30-28-26-24-22-20-18-16-14-12-10-8-6-4-2;;/h31-33,36,43,45H,3-30,34-35,37-40,44H2,1-2H3;2*1H. The van der Waals surface area contributed by atoms with Crippen LogP contribution in [-0.2, 0) is 22.6 Å². The Morgan fingerprint density at radius 2 is 0.918 bits per heavy atom. The number of unbranched alkanes of at least 4 members (excludes halogenated alkanes) is 26. The summed E-state index contributed by atoms with van der Waals surface area (Å²) in [5, 5.41) is 3.61. The topological polar surface area (TPSA) is 56.5 Å². The number of nitrogens with one attached hydrogen (secondary N) is 1. The summed E-state index contributed by atoms with van der Waals surface area (Å²) in [7, 11) is 0. The van der Waals surface area contributed by atoms with Gasteiger partial charge < -0.3 is 20.5 Å². The van der Waals surface area contributed by atoms with Crippen molar-refractivity contribution in [3.05, 3.63) is 35.4 Å². The Balaban J connectivity index is 0. The minimum absolute atomic E-state index is 0.